The maximum Gasteiger partial charge on any atom is 0.327 e. The molecule has 0 aromatic heterocycles. The largest absolute Gasteiger partial charge is 0.468 e. The Morgan fingerprint density at radius 1 is 1.47 bits per heavy atom. The Bertz CT molecular complexity index is 398. The zero-order valence-corrected chi connectivity index (χ0v) is 8.52. The molecular formula is C9H8ClF2NO2. The third-order valence-corrected chi connectivity index (χ3v) is 2.23. The Labute approximate surface area is 89.8 Å². The molecule has 1 rings (SSSR count). The van der Waals surface area contributed by atoms with E-state index in [1.165, 1.54) is 0 Å². The average Bonchev–Trinajstić information content (AvgIpc) is 2.22. The van der Waals surface area contributed by atoms with Crippen LogP contribution in [0.25, 0.3) is 0 Å². The molecule has 0 aliphatic heterocycles. The lowest BCUT2D eigenvalue weighted by molar-refractivity contribution is -0.142. The van der Waals surface area contributed by atoms with Crippen molar-refractivity contribution in [3.63, 3.8) is 0 Å². The normalized spacial score (nSPS) is 12.3. The number of benzene rings is 1. The fourth-order valence-corrected chi connectivity index (χ4v) is 1.34. The second-order valence-electron chi connectivity index (χ2n) is 2.76. The number of hydrogen-bond acceptors (Lipinski definition) is 3. The van der Waals surface area contributed by atoms with E-state index in [-0.39, 0.29) is 0 Å². The first-order valence-electron chi connectivity index (χ1n) is 3.95. The SMILES string of the molecule is COC(=O)C(N)c1c(F)ccc(F)c1Cl. The lowest BCUT2D eigenvalue weighted by Gasteiger charge is -2.12. The van der Waals surface area contributed by atoms with Gasteiger partial charge in [0.15, 0.2) is 0 Å². The summed E-state index contributed by atoms with van der Waals surface area (Å²) in [5.41, 5.74) is 4.95. The third kappa shape index (κ3) is 2.24. The number of carbonyl (C=O) groups is 1. The first-order valence-corrected chi connectivity index (χ1v) is 4.33. The number of methoxy groups -OCH3 is 1. The summed E-state index contributed by atoms with van der Waals surface area (Å²) in [5.74, 6) is -2.58. The van der Waals surface area contributed by atoms with Gasteiger partial charge in [-0.1, -0.05) is 11.6 Å². The molecule has 0 radical (unpaired) electrons. The van der Waals surface area contributed by atoms with Crippen LogP contribution in [0, 0.1) is 11.6 Å². The van der Waals surface area contributed by atoms with Gasteiger partial charge in [0, 0.05) is 5.56 Å². The highest BCUT2D eigenvalue weighted by molar-refractivity contribution is 6.31. The highest BCUT2D eigenvalue weighted by Crippen LogP contribution is 2.27. The van der Waals surface area contributed by atoms with E-state index in [4.69, 9.17) is 17.3 Å². The number of halogens is 3. The summed E-state index contributed by atoms with van der Waals surface area (Å²) < 4.78 is 30.5. The lowest BCUT2D eigenvalue weighted by Crippen LogP contribution is -2.24. The fraction of sp³-hybridized carbons (Fsp3) is 0.222. The van der Waals surface area contributed by atoms with Gasteiger partial charge in [-0.25, -0.2) is 8.78 Å². The minimum Gasteiger partial charge on any atom is -0.468 e. The molecule has 6 heteroatoms. The van der Waals surface area contributed by atoms with Gasteiger partial charge in [0.25, 0.3) is 0 Å². The molecule has 1 aromatic carbocycles. The zero-order chi connectivity index (χ0) is 11.6. The molecule has 0 aliphatic rings. The zero-order valence-electron chi connectivity index (χ0n) is 7.76. The molecule has 0 amide bonds. The predicted molar refractivity (Wildman–Crippen MR) is 50.3 cm³/mol. The Morgan fingerprint density at radius 3 is 2.53 bits per heavy atom. The average molecular weight is 236 g/mol. The van der Waals surface area contributed by atoms with Crippen molar-refractivity contribution in [2.45, 2.75) is 6.04 Å². The molecule has 1 atom stereocenters. The fourth-order valence-electron chi connectivity index (χ4n) is 1.07. The van der Waals surface area contributed by atoms with Gasteiger partial charge in [0.2, 0.25) is 0 Å². The van der Waals surface area contributed by atoms with Gasteiger partial charge in [-0.15, -0.1) is 0 Å². The topological polar surface area (TPSA) is 52.3 Å². The molecule has 3 nitrogen and oxygen atoms in total. The molecule has 2 N–H and O–H groups in total. The van der Waals surface area contributed by atoms with Crippen LogP contribution in [0.5, 0.6) is 0 Å². The summed E-state index contributed by atoms with van der Waals surface area (Å²) in [5, 5.41) is -0.507. The Morgan fingerprint density at radius 2 is 2.00 bits per heavy atom. The quantitative estimate of drug-likeness (QED) is 0.628. The molecule has 1 aromatic rings. The van der Waals surface area contributed by atoms with Crippen LogP contribution in [0.2, 0.25) is 5.02 Å². The van der Waals surface area contributed by atoms with E-state index in [9.17, 15) is 13.6 Å². The summed E-state index contributed by atoms with van der Waals surface area (Å²) in [4.78, 5) is 11.0. The van der Waals surface area contributed by atoms with Crippen LogP contribution < -0.4 is 5.73 Å². The van der Waals surface area contributed by atoms with Crippen LogP contribution in [0.3, 0.4) is 0 Å². The third-order valence-electron chi connectivity index (χ3n) is 1.85. The van der Waals surface area contributed by atoms with Gasteiger partial charge in [0.1, 0.15) is 17.7 Å². The summed E-state index contributed by atoms with van der Waals surface area (Å²) in [6, 6.07) is 0.267. The first-order chi connectivity index (χ1) is 6.99. The molecule has 0 aliphatic carbocycles. The van der Waals surface area contributed by atoms with E-state index < -0.39 is 34.2 Å². The number of nitrogens with two attached hydrogens (primary N) is 1. The van der Waals surface area contributed by atoms with Gasteiger partial charge in [-0.3, -0.25) is 4.79 Å². The van der Waals surface area contributed by atoms with E-state index >= 15 is 0 Å². The minimum atomic E-state index is -1.43. The summed E-state index contributed by atoms with van der Waals surface area (Å²) in [6.45, 7) is 0. The first kappa shape index (κ1) is 11.9. The van der Waals surface area contributed by atoms with Crippen molar-refractivity contribution < 1.29 is 18.3 Å². The van der Waals surface area contributed by atoms with E-state index in [0.717, 1.165) is 19.2 Å². The second-order valence-corrected chi connectivity index (χ2v) is 3.14. The van der Waals surface area contributed by atoms with Gasteiger partial charge in [0.05, 0.1) is 12.1 Å². The van der Waals surface area contributed by atoms with Crippen molar-refractivity contribution in [1.82, 2.24) is 0 Å². The van der Waals surface area contributed by atoms with Crippen molar-refractivity contribution in [2.75, 3.05) is 7.11 Å². The highest BCUT2D eigenvalue weighted by Gasteiger charge is 2.24. The summed E-state index contributed by atoms with van der Waals surface area (Å²) >= 11 is 5.49. The maximum atomic E-state index is 13.2. The van der Waals surface area contributed by atoms with E-state index in [1.807, 2.05) is 0 Å². The van der Waals surface area contributed by atoms with Crippen molar-refractivity contribution in [2.24, 2.45) is 5.73 Å². The molecule has 0 bridgehead atoms. The van der Waals surface area contributed by atoms with Crippen molar-refractivity contribution in [3.05, 3.63) is 34.4 Å². The van der Waals surface area contributed by atoms with Crippen molar-refractivity contribution in [3.8, 4) is 0 Å². The Kier molecular flexibility index (Phi) is 3.60. The van der Waals surface area contributed by atoms with E-state index in [0.29, 0.717) is 0 Å². The molecule has 15 heavy (non-hydrogen) atoms. The molecular weight excluding hydrogens is 228 g/mol. The van der Waals surface area contributed by atoms with Crippen molar-refractivity contribution >= 4 is 17.6 Å². The summed E-state index contributed by atoms with van der Waals surface area (Å²) in [6.07, 6.45) is 0. The van der Waals surface area contributed by atoms with Crippen molar-refractivity contribution in [1.29, 1.82) is 0 Å². The molecule has 0 spiro atoms. The Hall–Kier alpha value is -1.20. The lowest BCUT2D eigenvalue weighted by atomic mass is 10.1. The van der Waals surface area contributed by atoms with Gasteiger partial charge < -0.3 is 10.5 Å². The van der Waals surface area contributed by atoms with Gasteiger partial charge in [-0.05, 0) is 12.1 Å². The van der Waals surface area contributed by atoms with Gasteiger partial charge in [-0.2, -0.15) is 0 Å². The highest BCUT2D eigenvalue weighted by atomic mass is 35.5. The smallest absolute Gasteiger partial charge is 0.327 e. The van der Waals surface area contributed by atoms with Gasteiger partial charge >= 0.3 is 5.97 Å². The second kappa shape index (κ2) is 4.55. The number of esters is 1. The molecule has 0 fully saturated rings. The predicted octanol–water partition coefficient (Wildman–Crippen LogP) is 1.79. The van der Waals surface area contributed by atoms with Crippen LogP contribution in [0.15, 0.2) is 12.1 Å². The van der Waals surface area contributed by atoms with Crippen LogP contribution in [0.4, 0.5) is 8.78 Å². The van der Waals surface area contributed by atoms with Crippen LogP contribution in [-0.4, -0.2) is 13.1 Å². The minimum absolute atomic E-state index is 0.400. The Balaban J connectivity index is 3.24. The molecule has 0 saturated heterocycles. The number of hydrogen-bond donors (Lipinski definition) is 1. The number of carbonyl (C=O) groups excluding carboxylic acids is 1. The van der Waals surface area contributed by atoms with E-state index in [2.05, 4.69) is 4.74 Å². The number of rotatable bonds is 2. The molecule has 82 valence electrons. The van der Waals surface area contributed by atoms with Crippen LogP contribution >= 0.6 is 11.6 Å². The maximum absolute atomic E-state index is 13.2. The van der Waals surface area contributed by atoms with Crippen LogP contribution in [0.1, 0.15) is 11.6 Å². The number of ether oxygens (including phenoxy) is 1. The molecule has 0 saturated carbocycles. The monoisotopic (exact) mass is 235 g/mol. The molecule has 1 unspecified atom stereocenters. The van der Waals surface area contributed by atoms with Crippen LogP contribution in [-0.2, 0) is 9.53 Å². The molecule has 0 heterocycles. The van der Waals surface area contributed by atoms with E-state index in [1.54, 1.807) is 0 Å². The standard InChI is InChI=1S/C9H8ClF2NO2/c1-15-9(14)8(13)6-4(11)2-3-5(12)7(6)10/h2-3,8H,13H2,1H3. The summed E-state index contributed by atoms with van der Waals surface area (Å²) in [7, 11) is 1.09.